The first-order valence-corrected chi connectivity index (χ1v) is 5.11. The van der Waals surface area contributed by atoms with Crippen molar-refractivity contribution in [2.45, 2.75) is 18.9 Å². The molecule has 1 aromatic rings. The van der Waals surface area contributed by atoms with Crippen LogP contribution in [0.15, 0.2) is 18.2 Å². The molecule has 6 heteroatoms. The summed E-state index contributed by atoms with van der Waals surface area (Å²) in [5.74, 6) is -1.80. The monoisotopic (exact) mass is 239 g/mol. The number of primary amides is 1. The number of amidine groups is 1. The molecule has 3 N–H and O–H groups in total. The average molecular weight is 239 g/mol. The Hall–Kier alpha value is -1.98. The van der Waals surface area contributed by atoms with Crippen LogP contribution in [0.1, 0.15) is 24.4 Å². The zero-order valence-corrected chi connectivity index (χ0v) is 8.91. The number of likely N-dealkylation sites (tertiary alicyclic amines) is 1. The largest absolute Gasteiger partial charge is 0.351 e. The molecule has 0 bridgehead atoms. The molecular weight excluding hydrogens is 228 g/mol. The third-order valence-electron chi connectivity index (χ3n) is 2.82. The standard InChI is InChI=1S/C11H11F2N3O/c12-7-2-1-6(5-8(7)13)9-3-4-10(14)16(9)11(15)17/h1-2,5,9,14H,3-4H2,(H2,15,17). The van der Waals surface area contributed by atoms with Gasteiger partial charge in [-0.05, 0) is 24.1 Å². The number of rotatable bonds is 1. The van der Waals surface area contributed by atoms with Gasteiger partial charge in [0, 0.05) is 6.42 Å². The number of amides is 2. The fourth-order valence-electron chi connectivity index (χ4n) is 2.03. The highest BCUT2D eigenvalue weighted by Crippen LogP contribution is 2.33. The Labute approximate surface area is 96.5 Å². The maximum absolute atomic E-state index is 13.1. The molecule has 1 atom stereocenters. The minimum Gasteiger partial charge on any atom is -0.351 e. The number of carbonyl (C=O) groups excluding carboxylic acids is 1. The third-order valence-corrected chi connectivity index (χ3v) is 2.82. The van der Waals surface area contributed by atoms with E-state index in [0.29, 0.717) is 18.4 Å². The van der Waals surface area contributed by atoms with Gasteiger partial charge in [0.2, 0.25) is 0 Å². The summed E-state index contributed by atoms with van der Waals surface area (Å²) < 4.78 is 25.9. The van der Waals surface area contributed by atoms with Gasteiger partial charge in [-0.2, -0.15) is 0 Å². The molecular formula is C11H11F2N3O. The molecule has 1 aliphatic heterocycles. The number of hydrogen-bond donors (Lipinski definition) is 2. The minimum atomic E-state index is -0.967. The molecule has 1 aliphatic rings. The van der Waals surface area contributed by atoms with Crippen LogP contribution in [0.3, 0.4) is 0 Å². The van der Waals surface area contributed by atoms with Crippen molar-refractivity contribution in [2.75, 3.05) is 0 Å². The summed E-state index contributed by atoms with van der Waals surface area (Å²) in [4.78, 5) is 12.3. The van der Waals surface area contributed by atoms with Crippen molar-refractivity contribution in [1.82, 2.24) is 4.90 Å². The van der Waals surface area contributed by atoms with Crippen molar-refractivity contribution >= 4 is 11.9 Å². The van der Waals surface area contributed by atoms with Crippen LogP contribution in [0.2, 0.25) is 0 Å². The summed E-state index contributed by atoms with van der Waals surface area (Å²) in [7, 11) is 0. The lowest BCUT2D eigenvalue weighted by Crippen LogP contribution is -2.38. The second kappa shape index (κ2) is 4.12. The first-order chi connectivity index (χ1) is 8.00. The Morgan fingerprint density at radius 2 is 2.12 bits per heavy atom. The van der Waals surface area contributed by atoms with Gasteiger partial charge in [0.15, 0.2) is 11.6 Å². The van der Waals surface area contributed by atoms with E-state index in [1.54, 1.807) is 0 Å². The van der Waals surface area contributed by atoms with Crippen molar-refractivity contribution in [1.29, 1.82) is 5.41 Å². The molecule has 0 saturated carbocycles. The summed E-state index contributed by atoms with van der Waals surface area (Å²) in [5, 5.41) is 7.57. The summed E-state index contributed by atoms with van der Waals surface area (Å²) in [6.45, 7) is 0. The molecule has 0 aliphatic carbocycles. The highest BCUT2D eigenvalue weighted by atomic mass is 19.2. The molecule has 0 aromatic heterocycles. The van der Waals surface area contributed by atoms with Crippen LogP contribution in [-0.4, -0.2) is 16.8 Å². The van der Waals surface area contributed by atoms with E-state index in [0.717, 1.165) is 17.0 Å². The van der Waals surface area contributed by atoms with Crippen molar-refractivity contribution < 1.29 is 13.6 Å². The first kappa shape index (κ1) is 11.5. The van der Waals surface area contributed by atoms with E-state index in [1.165, 1.54) is 6.07 Å². The number of nitrogens with one attached hydrogen (secondary N) is 1. The lowest BCUT2D eigenvalue weighted by Gasteiger charge is -2.22. The van der Waals surface area contributed by atoms with Crippen LogP contribution in [-0.2, 0) is 0 Å². The smallest absolute Gasteiger partial charge is 0.320 e. The van der Waals surface area contributed by atoms with Gasteiger partial charge >= 0.3 is 6.03 Å². The molecule has 1 fully saturated rings. The molecule has 2 rings (SSSR count). The predicted octanol–water partition coefficient (Wildman–Crippen LogP) is 2.16. The number of nitrogens with two attached hydrogens (primary N) is 1. The van der Waals surface area contributed by atoms with E-state index < -0.39 is 23.7 Å². The van der Waals surface area contributed by atoms with Crippen molar-refractivity contribution in [3.63, 3.8) is 0 Å². The molecule has 90 valence electrons. The van der Waals surface area contributed by atoms with E-state index in [-0.39, 0.29) is 5.84 Å². The number of nitrogens with zero attached hydrogens (tertiary/aromatic N) is 1. The molecule has 1 saturated heterocycles. The van der Waals surface area contributed by atoms with E-state index in [1.807, 2.05) is 0 Å². The lowest BCUT2D eigenvalue weighted by molar-refractivity contribution is 0.221. The number of carbonyl (C=O) groups is 1. The van der Waals surface area contributed by atoms with Crippen LogP contribution in [0.5, 0.6) is 0 Å². The van der Waals surface area contributed by atoms with Gasteiger partial charge in [-0.3, -0.25) is 10.3 Å². The summed E-state index contributed by atoms with van der Waals surface area (Å²) >= 11 is 0. The predicted molar refractivity (Wildman–Crippen MR) is 57.5 cm³/mol. The van der Waals surface area contributed by atoms with Gasteiger partial charge in [0.25, 0.3) is 0 Å². The summed E-state index contributed by atoms with van der Waals surface area (Å²) in [6, 6.07) is 2.22. The zero-order chi connectivity index (χ0) is 12.6. The fourth-order valence-corrected chi connectivity index (χ4v) is 2.03. The number of halogens is 2. The fraction of sp³-hybridized carbons (Fsp3) is 0.273. The number of hydrogen-bond acceptors (Lipinski definition) is 2. The van der Waals surface area contributed by atoms with Crippen LogP contribution >= 0.6 is 0 Å². The van der Waals surface area contributed by atoms with Gasteiger partial charge in [-0.1, -0.05) is 6.07 Å². The zero-order valence-electron chi connectivity index (χ0n) is 8.91. The van der Waals surface area contributed by atoms with Crippen LogP contribution in [0.4, 0.5) is 13.6 Å². The van der Waals surface area contributed by atoms with E-state index in [2.05, 4.69) is 0 Å². The second-order valence-corrected chi connectivity index (χ2v) is 3.88. The SMILES string of the molecule is N=C1CCC(c2ccc(F)c(F)c2)N1C(N)=O. The van der Waals surface area contributed by atoms with Crippen molar-refractivity contribution in [2.24, 2.45) is 5.73 Å². The van der Waals surface area contributed by atoms with Gasteiger partial charge in [-0.25, -0.2) is 13.6 Å². The molecule has 1 heterocycles. The maximum Gasteiger partial charge on any atom is 0.320 e. The minimum absolute atomic E-state index is 0.104. The molecule has 1 aromatic carbocycles. The summed E-state index contributed by atoms with van der Waals surface area (Å²) in [6.07, 6.45) is 0.888. The highest BCUT2D eigenvalue weighted by molar-refractivity contribution is 5.97. The molecule has 0 spiro atoms. The average Bonchev–Trinajstić information content (AvgIpc) is 2.64. The van der Waals surface area contributed by atoms with Crippen LogP contribution in [0, 0.1) is 17.0 Å². The topological polar surface area (TPSA) is 70.2 Å². The van der Waals surface area contributed by atoms with Gasteiger partial charge in [-0.15, -0.1) is 0 Å². The second-order valence-electron chi connectivity index (χ2n) is 3.88. The molecule has 1 unspecified atom stereocenters. The Morgan fingerprint density at radius 3 is 2.71 bits per heavy atom. The van der Waals surface area contributed by atoms with Crippen molar-refractivity contribution in [3.8, 4) is 0 Å². The Morgan fingerprint density at radius 1 is 1.41 bits per heavy atom. The molecule has 4 nitrogen and oxygen atoms in total. The number of benzene rings is 1. The van der Waals surface area contributed by atoms with Gasteiger partial charge in [0.05, 0.1) is 6.04 Å². The Kier molecular flexibility index (Phi) is 2.79. The Bertz CT molecular complexity index is 490. The molecule has 17 heavy (non-hydrogen) atoms. The summed E-state index contributed by atoms with van der Waals surface area (Å²) in [5.41, 5.74) is 5.61. The first-order valence-electron chi connectivity index (χ1n) is 5.11. The van der Waals surface area contributed by atoms with E-state index in [4.69, 9.17) is 11.1 Å². The Balaban J connectivity index is 2.36. The lowest BCUT2D eigenvalue weighted by atomic mass is 10.0. The van der Waals surface area contributed by atoms with Gasteiger partial charge < -0.3 is 5.73 Å². The number of urea groups is 1. The van der Waals surface area contributed by atoms with Crippen LogP contribution in [0.25, 0.3) is 0 Å². The third kappa shape index (κ3) is 1.98. The molecule has 2 amide bonds. The highest BCUT2D eigenvalue weighted by Gasteiger charge is 2.33. The van der Waals surface area contributed by atoms with Crippen molar-refractivity contribution in [3.05, 3.63) is 35.4 Å². The van der Waals surface area contributed by atoms with Gasteiger partial charge in [0.1, 0.15) is 5.84 Å². The van der Waals surface area contributed by atoms with E-state index >= 15 is 0 Å². The quantitative estimate of drug-likeness (QED) is 0.774. The maximum atomic E-state index is 13.1. The van der Waals surface area contributed by atoms with Crippen LogP contribution < -0.4 is 5.73 Å². The van der Waals surface area contributed by atoms with E-state index in [9.17, 15) is 13.6 Å². The normalized spacial score (nSPS) is 19.8. The molecule has 0 radical (unpaired) electrons.